The Labute approximate surface area is 136 Å². The molecule has 1 atom stereocenters. The van der Waals surface area contributed by atoms with E-state index in [1.807, 2.05) is 0 Å². The Morgan fingerprint density at radius 3 is 2.36 bits per heavy atom. The highest BCUT2D eigenvalue weighted by Crippen LogP contribution is 2.36. The molecule has 118 valence electrons. The van der Waals surface area contributed by atoms with Crippen molar-refractivity contribution in [3.8, 4) is 5.75 Å². The van der Waals surface area contributed by atoms with E-state index in [1.54, 1.807) is 38.4 Å². The van der Waals surface area contributed by atoms with Crippen LogP contribution in [0.25, 0.3) is 0 Å². The molecule has 0 fully saturated rings. The first kappa shape index (κ1) is 16.3. The minimum absolute atomic E-state index is 0.00774. The highest BCUT2D eigenvalue weighted by molar-refractivity contribution is 9.09. The quantitative estimate of drug-likeness (QED) is 0.464. The molecule has 0 saturated heterocycles. The van der Waals surface area contributed by atoms with Crippen LogP contribution in [0.4, 0.5) is 4.79 Å². The number of hydrogen-bond donors (Lipinski definition) is 0. The predicted octanol–water partition coefficient (Wildman–Crippen LogP) is 2.62. The Morgan fingerprint density at radius 1 is 1.32 bits per heavy atom. The van der Waals surface area contributed by atoms with Crippen molar-refractivity contribution in [3.63, 3.8) is 0 Å². The van der Waals surface area contributed by atoms with Crippen molar-refractivity contribution in [2.24, 2.45) is 0 Å². The maximum atomic E-state index is 12.3. The van der Waals surface area contributed by atoms with Crippen LogP contribution in [0.5, 0.6) is 5.75 Å². The lowest BCUT2D eigenvalue weighted by Crippen LogP contribution is -2.47. The minimum Gasteiger partial charge on any atom is -0.497 e. The van der Waals surface area contributed by atoms with Gasteiger partial charge in [-0.05, 0) is 17.7 Å². The van der Waals surface area contributed by atoms with Gasteiger partial charge in [0.1, 0.15) is 11.4 Å². The molecule has 2 amide bonds. The highest BCUT2D eigenvalue weighted by Gasteiger charge is 2.43. The third-order valence-corrected chi connectivity index (χ3v) is 4.22. The summed E-state index contributed by atoms with van der Waals surface area (Å²) < 4.78 is 5.10. The highest BCUT2D eigenvalue weighted by atomic mass is 79.9. The van der Waals surface area contributed by atoms with Gasteiger partial charge in [0.15, 0.2) is 6.04 Å². The number of carbonyl (C=O) groups excluding carboxylic acids is 1. The van der Waals surface area contributed by atoms with Crippen molar-refractivity contribution in [2.75, 3.05) is 26.5 Å². The summed E-state index contributed by atoms with van der Waals surface area (Å²) in [5.74, 6) is 0.651. The number of methoxy groups -OCH3 is 1. The summed E-state index contributed by atoms with van der Waals surface area (Å²) in [4.78, 5) is 26.1. The second kappa shape index (κ2) is 6.35. The van der Waals surface area contributed by atoms with Crippen LogP contribution >= 0.6 is 15.9 Å². The number of nitrogens with zero attached hydrogens (tertiary/aromatic N) is 3. The lowest BCUT2D eigenvalue weighted by molar-refractivity contribution is -0.436. The lowest BCUT2D eigenvalue weighted by Gasteiger charge is -2.36. The number of carbonyl (C=O) groups is 1. The van der Waals surface area contributed by atoms with Crippen molar-refractivity contribution >= 4 is 22.0 Å². The van der Waals surface area contributed by atoms with Gasteiger partial charge >= 0.3 is 6.03 Å². The Kier molecular flexibility index (Phi) is 4.70. The molecular weight excluding hydrogens is 354 g/mol. The molecular formula is C14H16BrN3O4. The Balaban J connectivity index is 2.60. The van der Waals surface area contributed by atoms with E-state index in [-0.39, 0.29) is 17.1 Å². The van der Waals surface area contributed by atoms with Crippen molar-refractivity contribution < 1.29 is 14.5 Å². The van der Waals surface area contributed by atoms with E-state index in [0.717, 1.165) is 0 Å². The predicted molar refractivity (Wildman–Crippen MR) is 84.5 cm³/mol. The van der Waals surface area contributed by atoms with E-state index in [2.05, 4.69) is 15.9 Å². The molecule has 1 heterocycles. The fraction of sp³-hybridized carbons (Fsp3) is 0.357. The lowest BCUT2D eigenvalue weighted by atomic mass is 9.99. The van der Waals surface area contributed by atoms with Gasteiger partial charge in [-0.2, -0.15) is 0 Å². The molecule has 0 aliphatic carbocycles. The largest absolute Gasteiger partial charge is 0.497 e. The monoisotopic (exact) mass is 369 g/mol. The summed E-state index contributed by atoms with van der Waals surface area (Å²) in [5.41, 5.74) is 1.01. The smallest absolute Gasteiger partial charge is 0.324 e. The van der Waals surface area contributed by atoms with Crippen LogP contribution in [0, 0.1) is 10.1 Å². The van der Waals surface area contributed by atoms with Crippen LogP contribution in [-0.2, 0) is 0 Å². The maximum Gasteiger partial charge on any atom is 0.324 e. The van der Waals surface area contributed by atoms with E-state index < -0.39 is 11.0 Å². The Morgan fingerprint density at radius 2 is 1.91 bits per heavy atom. The van der Waals surface area contributed by atoms with Gasteiger partial charge in [0.05, 0.1) is 17.4 Å². The molecule has 22 heavy (non-hydrogen) atoms. The number of hydrogen-bond acceptors (Lipinski definition) is 4. The molecule has 2 rings (SSSR count). The molecule has 0 aromatic heterocycles. The molecule has 8 heteroatoms. The van der Waals surface area contributed by atoms with Crippen LogP contribution in [0.15, 0.2) is 35.7 Å². The van der Waals surface area contributed by atoms with Gasteiger partial charge in [0.25, 0.3) is 5.70 Å². The minimum atomic E-state index is -0.739. The second-order valence-corrected chi connectivity index (χ2v) is 5.41. The van der Waals surface area contributed by atoms with Crippen molar-refractivity contribution in [3.05, 3.63) is 51.3 Å². The molecule has 7 nitrogen and oxygen atoms in total. The van der Waals surface area contributed by atoms with Crippen LogP contribution in [-0.4, -0.2) is 47.3 Å². The van der Waals surface area contributed by atoms with Crippen LogP contribution in [0.1, 0.15) is 11.6 Å². The molecule has 1 aromatic carbocycles. The average Bonchev–Trinajstić information content (AvgIpc) is 2.52. The number of likely N-dealkylation sites (N-methyl/N-ethyl adjacent to an activating group) is 1. The molecule has 0 radical (unpaired) electrons. The number of halogens is 1. The van der Waals surface area contributed by atoms with Crippen LogP contribution < -0.4 is 4.74 Å². The Bertz CT molecular complexity index is 629. The summed E-state index contributed by atoms with van der Waals surface area (Å²) in [6.45, 7) is 0. The summed E-state index contributed by atoms with van der Waals surface area (Å²) >= 11 is 3.24. The van der Waals surface area contributed by atoms with Gasteiger partial charge in [-0.1, -0.05) is 28.1 Å². The second-order valence-electron chi connectivity index (χ2n) is 4.85. The fourth-order valence-corrected chi connectivity index (χ4v) is 3.17. The van der Waals surface area contributed by atoms with E-state index >= 15 is 0 Å². The molecule has 1 aliphatic heterocycles. The summed E-state index contributed by atoms with van der Waals surface area (Å²) in [6.07, 6.45) is 0. The molecule has 1 unspecified atom stereocenters. The summed E-state index contributed by atoms with van der Waals surface area (Å²) in [7, 11) is 4.64. The summed E-state index contributed by atoms with van der Waals surface area (Å²) in [6, 6.07) is 5.87. The molecule has 1 aromatic rings. The number of alkyl halides is 1. The molecule has 0 spiro atoms. The Hall–Kier alpha value is -2.09. The van der Waals surface area contributed by atoms with Gasteiger partial charge in [-0.25, -0.2) is 4.79 Å². The third-order valence-electron chi connectivity index (χ3n) is 3.69. The number of rotatable bonds is 4. The third kappa shape index (κ3) is 2.66. The van der Waals surface area contributed by atoms with Crippen molar-refractivity contribution in [1.29, 1.82) is 0 Å². The van der Waals surface area contributed by atoms with Gasteiger partial charge in [-0.3, -0.25) is 15.0 Å². The van der Waals surface area contributed by atoms with Crippen molar-refractivity contribution in [1.82, 2.24) is 9.80 Å². The SMILES string of the molecule is COc1ccc(C2C([N+](=O)[O-])=C(CBr)N(C)C(=O)N2C)cc1. The van der Waals surface area contributed by atoms with E-state index in [0.29, 0.717) is 17.0 Å². The molecule has 0 saturated carbocycles. The van der Waals surface area contributed by atoms with Gasteiger partial charge < -0.3 is 9.64 Å². The molecule has 1 aliphatic rings. The normalized spacial score (nSPS) is 18.7. The standard InChI is InChI=1S/C14H16BrN3O4/c1-16-11(8-15)13(18(20)21)12(17(2)14(16)19)9-4-6-10(22-3)7-5-9/h4-7,12H,8H2,1-3H3. The zero-order valence-electron chi connectivity index (χ0n) is 12.4. The van der Waals surface area contributed by atoms with Crippen LogP contribution in [0.3, 0.4) is 0 Å². The number of urea groups is 1. The number of nitro groups is 1. The van der Waals surface area contributed by atoms with E-state index in [4.69, 9.17) is 4.74 Å². The zero-order valence-corrected chi connectivity index (χ0v) is 14.0. The topological polar surface area (TPSA) is 75.9 Å². The summed E-state index contributed by atoms with van der Waals surface area (Å²) in [5, 5.41) is 11.8. The van der Waals surface area contributed by atoms with Gasteiger partial charge in [-0.15, -0.1) is 0 Å². The molecule has 0 bridgehead atoms. The number of benzene rings is 1. The zero-order chi connectivity index (χ0) is 16.4. The average molecular weight is 370 g/mol. The van der Waals surface area contributed by atoms with Crippen LogP contribution in [0.2, 0.25) is 0 Å². The van der Waals surface area contributed by atoms with E-state index in [1.165, 1.54) is 16.8 Å². The molecule has 0 N–H and O–H groups in total. The van der Waals surface area contributed by atoms with Crippen molar-refractivity contribution in [2.45, 2.75) is 6.04 Å². The fourth-order valence-electron chi connectivity index (χ4n) is 2.51. The first-order valence-electron chi connectivity index (χ1n) is 6.50. The number of ether oxygens (including phenoxy) is 1. The number of allylic oxidation sites excluding steroid dienone is 1. The first-order valence-corrected chi connectivity index (χ1v) is 7.62. The first-order chi connectivity index (χ1) is 10.4. The maximum absolute atomic E-state index is 12.3. The van der Waals surface area contributed by atoms with Gasteiger partial charge in [0, 0.05) is 14.1 Å². The number of amides is 2. The van der Waals surface area contributed by atoms with Gasteiger partial charge in [0.2, 0.25) is 0 Å². The van der Waals surface area contributed by atoms with E-state index in [9.17, 15) is 14.9 Å².